The summed E-state index contributed by atoms with van der Waals surface area (Å²) in [6.07, 6.45) is 2.91. The van der Waals surface area contributed by atoms with Crippen molar-refractivity contribution >= 4 is 5.91 Å². The molecule has 8 nitrogen and oxygen atoms in total. The van der Waals surface area contributed by atoms with E-state index in [-0.39, 0.29) is 23.7 Å². The van der Waals surface area contributed by atoms with Crippen LogP contribution in [-0.2, 0) is 24.3 Å². The van der Waals surface area contributed by atoms with E-state index in [0.29, 0.717) is 36.7 Å². The Balaban J connectivity index is 1.62. The molecular weight excluding hydrogens is 348 g/mol. The van der Waals surface area contributed by atoms with Gasteiger partial charge < -0.3 is 18.8 Å². The van der Waals surface area contributed by atoms with Crippen molar-refractivity contribution in [2.45, 2.75) is 46.2 Å². The number of furan rings is 1. The van der Waals surface area contributed by atoms with Gasteiger partial charge in [0.1, 0.15) is 5.76 Å². The Morgan fingerprint density at radius 3 is 2.89 bits per heavy atom. The molecule has 0 aliphatic rings. The number of rotatable bonds is 8. The van der Waals surface area contributed by atoms with Crippen molar-refractivity contribution in [3.63, 3.8) is 0 Å². The van der Waals surface area contributed by atoms with Crippen molar-refractivity contribution in [1.29, 1.82) is 0 Å². The normalized spacial score (nSPS) is 10.9. The van der Waals surface area contributed by atoms with Crippen LogP contribution in [0.15, 0.2) is 44.3 Å². The quantitative estimate of drug-likeness (QED) is 0.653. The van der Waals surface area contributed by atoms with Crippen molar-refractivity contribution < 1.29 is 13.7 Å². The SMILES string of the molecule is CCCn1c(C)ccc(-c2noc(CCC(=O)NCc3ccco3)n2)c1=O. The third-order valence-electron chi connectivity index (χ3n) is 4.15. The van der Waals surface area contributed by atoms with Crippen molar-refractivity contribution in [3.05, 3.63) is 58.2 Å². The summed E-state index contributed by atoms with van der Waals surface area (Å²) < 4.78 is 12.1. The fraction of sp³-hybridized carbons (Fsp3) is 0.368. The molecule has 0 atom stereocenters. The molecule has 0 aliphatic carbocycles. The van der Waals surface area contributed by atoms with Crippen LogP contribution in [0.3, 0.4) is 0 Å². The number of carbonyl (C=O) groups is 1. The lowest BCUT2D eigenvalue weighted by Gasteiger charge is -2.09. The molecule has 0 spiro atoms. The maximum Gasteiger partial charge on any atom is 0.261 e. The fourth-order valence-electron chi connectivity index (χ4n) is 2.72. The van der Waals surface area contributed by atoms with E-state index in [1.807, 2.05) is 19.9 Å². The van der Waals surface area contributed by atoms with Crippen LogP contribution in [0.2, 0.25) is 0 Å². The van der Waals surface area contributed by atoms with Gasteiger partial charge in [0.25, 0.3) is 5.56 Å². The maximum atomic E-state index is 12.6. The molecule has 8 heteroatoms. The van der Waals surface area contributed by atoms with Gasteiger partial charge in [0.2, 0.25) is 17.6 Å². The average Bonchev–Trinajstić information content (AvgIpc) is 3.33. The summed E-state index contributed by atoms with van der Waals surface area (Å²) in [5, 5.41) is 6.65. The number of hydrogen-bond acceptors (Lipinski definition) is 6. The van der Waals surface area contributed by atoms with Crippen molar-refractivity contribution in [2.75, 3.05) is 0 Å². The first-order valence-electron chi connectivity index (χ1n) is 8.91. The number of aromatic nitrogens is 3. The van der Waals surface area contributed by atoms with Gasteiger partial charge in [0.05, 0.1) is 18.4 Å². The molecule has 0 aromatic carbocycles. The second-order valence-corrected chi connectivity index (χ2v) is 6.21. The molecule has 3 heterocycles. The van der Waals surface area contributed by atoms with E-state index in [9.17, 15) is 9.59 Å². The van der Waals surface area contributed by atoms with Gasteiger partial charge >= 0.3 is 0 Å². The summed E-state index contributed by atoms with van der Waals surface area (Å²) in [5.74, 6) is 1.11. The van der Waals surface area contributed by atoms with Gasteiger partial charge in [-0.05, 0) is 37.6 Å². The van der Waals surface area contributed by atoms with E-state index in [1.165, 1.54) is 0 Å². The lowest BCUT2D eigenvalue weighted by atomic mass is 10.2. The average molecular weight is 370 g/mol. The van der Waals surface area contributed by atoms with E-state index >= 15 is 0 Å². The highest BCUT2D eigenvalue weighted by Crippen LogP contribution is 2.13. The highest BCUT2D eigenvalue weighted by atomic mass is 16.5. The molecule has 1 N–H and O–H groups in total. The van der Waals surface area contributed by atoms with Crippen molar-refractivity contribution in [3.8, 4) is 11.4 Å². The van der Waals surface area contributed by atoms with Gasteiger partial charge in [-0.1, -0.05) is 12.1 Å². The molecule has 0 fully saturated rings. The van der Waals surface area contributed by atoms with Crippen LogP contribution < -0.4 is 10.9 Å². The monoisotopic (exact) mass is 370 g/mol. The first-order valence-corrected chi connectivity index (χ1v) is 8.91. The van der Waals surface area contributed by atoms with Crippen LogP contribution in [0.25, 0.3) is 11.4 Å². The molecule has 0 saturated carbocycles. The molecule has 27 heavy (non-hydrogen) atoms. The highest BCUT2D eigenvalue weighted by Gasteiger charge is 2.15. The fourth-order valence-corrected chi connectivity index (χ4v) is 2.72. The minimum absolute atomic E-state index is 0.139. The number of aryl methyl sites for hydroxylation is 2. The maximum absolute atomic E-state index is 12.6. The van der Waals surface area contributed by atoms with Gasteiger partial charge in [-0.3, -0.25) is 9.59 Å². The smallest absolute Gasteiger partial charge is 0.261 e. The minimum Gasteiger partial charge on any atom is -0.467 e. The van der Waals surface area contributed by atoms with Crippen LogP contribution in [0.4, 0.5) is 0 Å². The van der Waals surface area contributed by atoms with Crippen LogP contribution >= 0.6 is 0 Å². The van der Waals surface area contributed by atoms with Crippen LogP contribution in [0.1, 0.15) is 37.1 Å². The van der Waals surface area contributed by atoms with E-state index in [2.05, 4.69) is 15.5 Å². The van der Waals surface area contributed by atoms with E-state index < -0.39 is 0 Å². The van der Waals surface area contributed by atoms with Gasteiger partial charge in [0, 0.05) is 25.1 Å². The molecule has 0 bridgehead atoms. The Labute approximate surface area is 156 Å². The molecule has 142 valence electrons. The van der Waals surface area contributed by atoms with Gasteiger partial charge in [-0.2, -0.15) is 4.98 Å². The zero-order valence-corrected chi connectivity index (χ0v) is 15.4. The Bertz CT molecular complexity index is 957. The first-order chi connectivity index (χ1) is 13.1. The Kier molecular flexibility index (Phi) is 5.85. The number of nitrogens with zero attached hydrogens (tertiary/aromatic N) is 3. The van der Waals surface area contributed by atoms with Crippen molar-refractivity contribution in [1.82, 2.24) is 20.0 Å². The zero-order chi connectivity index (χ0) is 19.2. The second-order valence-electron chi connectivity index (χ2n) is 6.21. The molecule has 3 aromatic heterocycles. The second kappa shape index (κ2) is 8.48. The van der Waals surface area contributed by atoms with E-state index in [0.717, 1.165) is 12.1 Å². The topological polar surface area (TPSA) is 103 Å². The predicted octanol–water partition coefficient (Wildman–Crippen LogP) is 2.46. The summed E-state index contributed by atoms with van der Waals surface area (Å²) in [6.45, 7) is 4.88. The summed E-state index contributed by atoms with van der Waals surface area (Å²) in [7, 11) is 0. The Morgan fingerprint density at radius 2 is 2.15 bits per heavy atom. The first kappa shape index (κ1) is 18.6. The number of amides is 1. The molecule has 0 unspecified atom stereocenters. The molecular formula is C19H22N4O4. The van der Waals surface area contributed by atoms with Gasteiger partial charge in [0.15, 0.2) is 0 Å². The van der Waals surface area contributed by atoms with Gasteiger partial charge in [-0.25, -0.2) is 0 Å². The predicted molar refractivity (Wildman–Crippen MR) is 97.9 cm³/mol. The summed E-state index contributed by atoms with van der Waals surface area (Å²) in [4.78, 5) is 28.8. The van der Waals surface area contributed by atoms with E-state index in [1.54, 1.807) is 29.0 Å². The summed E-state index contributed by atoms with van der Waals surface area (Å²) >= 11 is 0. The van der Waals surface area contributed by atoms with E-state index in [4.69, 9.17) is 8.94 Å². The molecule has 1 amide bonds. The standard InChI is InChI=1S/C19H22N4O4/c1-3-10-23-13(2)6-7-15(19(23)25)18-21-17(27-22-18)9-8-16(24)20-12-14-5-4-11-26-14/h4-7,11H,3,8-10,12H2,1-2H3,(H,20,24). The highest BCUT2D eigenvalue weighted by molar-refractivity contribution is 5.75. The molecule has 3 aromatic rings. The number of carbonyl (C=O) groups excluding carboxylic acids is 1. The summed E-state index contributed by atoms with van der Waals surface area (Å²) in [5.41, 5.74) is 1.15. The zero-order valence-electron chi connectivity index (χ0n) is 15.4. The lowest BCUT2D eigenvalue weighted by Crippen LogP contribution is -2.23. The third kappa shape index (κ3) is 4.52. The Hall–Kier alpha value is -3.16. The minimum atomic E-state index is -0.146. The molecule has 0 radical (unpaired) electrons. The lowest BCUT2D eigenvalue weighted by molar-refractivity contribution is -0.121. The van der Waals surface area contributed by atoms with Crippen molar-refractivity contribution in [2.24, 2.45) is 0 Å². The number of hydrogen-bond donors (Lipinski definition) is 1. The molecule has 0 saturated heterocycles. The molecule has 3 rings (SSSR count). The summed E-state index contributed by atoms with van der Waals surface area (Å²) in [6, 6.07) is 7.12. The van der Waals surface area contributed by atoms with Crippen LogP contribution in [0, 0.1) is 6.92 Å². The largest absolute Gasteiger partial charge is 0.467 e. The van der Waals surface area contributed by atoms with Crippen LogP contribution in [0.5, 0.6) is 0 Å². The Morgan fingerprint density at radius 1 is 1.30 bits per heavy atom. The number of nitrogens with one attached hydrogen (secondary N) is 1. The van der Waals surface area contributed by atoms with Crippen LogP contribution in [-0.4, -0.2) is 20.6 Å². The number of pyridine rings is 1. The molecule has 0 aliphatic heterocycles. The van der Waals surface area contributed by atoms with Gasteiger partial charge in [-0.15, -0.1) is 0 Å². The third-order valence-corrected chi connectivity index (χ3v) is 4.15.